The van der Waals surface area contributed by atoms with E-state index in [4.69, 9.17) is 9.47 Å². The number of alkyl halides is 3. The van der Waals surface area contributed by atoms with Crippen LogP contribution in [-0.4, -0.2) is 38.7 Å². The molecule has 29 heavy (non-hydrogen) atoms. The highest BCUT2D eigenvalue weighted by molar-refractivity contribution is 6.04. The Balaban J connectivity index is 1.62. The number of hydrogen-bond acceptors (Lipinski definition) is 5. The Morgan fingerprint density at radius 3 is 2.55 bits per heavy atom. The molecule has 0 atom stereocenters. The lowest BCUT2D eigenvalue weighted by molar-refractivity contribution is -0.146. The average Bonchev–Trinajstić information content (AvgIpc) is 2.65. The van der Waals surface area contributed by atoms with E-state index in [0.717, 1.165) is 17.8 Å². The summed E-state index contributed by atoms with van der Waals surface area (Å²) in [6.07, 6.45) is -4.50. The van der Waals surface area contributed by atoms with Crippen molar-refractivity contribution in [3.8, 4) is 5.75 Å². The maximum Gasteiger partial charge on any atom is 0.416 e. The van der Waals surface area contributed by atoms with Crippen molar-refractivity contribution >= 4 is 28.9 Å². The van der Waals surface area contributed by atoms with E-state index < -0.39 is 11.7 Å². The van der Waals surface area contributed by atoms with Crippen molar-refractivity contribution in [3.05, 3.63) is 48.0 Å². The summed E-state index contributed by atoms with van der Waals surface area (Å²) in [7, 11) is 1.34. The van der Waals surface area contributed by atoms with E-state index in [2.05, 4.69) is 0 Å². The van der Waals surface area contributed by atoms with Gasteiger partial charge < -0.3 is 14.4 Å². The summed E-state index contributed by atoms with van der Waals surface area (Å²) < 4.78 is 48.9. The summed E-state index contributed by atoms with van der Waals surface area (Å²) in [5.74, 6) is -0.852. The number of benzene rings is 2. The largest absolute Gasteiger partial charge is 0.482 e. The number of fused-ring (bicyclic) bond motifs is 1. The van der Waals surface area contributed by atoms with Crippen molar-refractivity contribution < 1.29 is 32.2 Å². The van der Waals surface area contributed by atoms with Gasteiger partial charge in [0.15, 0.2) is 6.61 Å². The minimum atomic E-state index is -4.50. The molecule has 4 rings (SSSR count). The fourth-order valence-electron chi connectivity index (χ4n) is 3.45. The number of hydrogen-bond donors (Lipinski definition) is 0. The summed E-state index contributed by atoms with van der Waals surface area (Å²) >= 11 is 0. The third-order valence-electron chi connectivity index (χ3n) is 5.00. The number of anilines is 3. The molecule has 1 amide bonds. The fourth-order valence-corrected chi connectivity index (χ4v) is 3.45. The minimum Gasteiger partial charge on any atom is -0.482 e. The molecule has 0 aromatic heterocycles. The van der Waals surface area contributed by atoms with Crippen LogP contribution in [0.3, 0.4) is 0 Å². The Bertz CT molecular complexity index is 970. The molecular weight excluding hydrogens is 389 g/mol. The molecule has 0 aliphatic carbocycles. The van der Waals surface area contributed by atoms with E-state index in [1.165, 1.54) is 18.1 Å². The number of amides is 1. The predicted octanol–water partition coefficient (Wildman–Crippen LogP) is 3.37. The maximum absolute atomic E-state index is 13.0. The minimum absolute atomic E-state index is 0.000432. The van der Waals surface area contributed by atoms with Crippen molar-refractivity contribution in [2.75, 3.05) is 36.6 Å². The van der Waals surface area contributed by atoms with Crippen LogP contribution in [0, 0.1) is 5.92 Å². The molecule has 2 aliphatic rings. The molecule has 0 radical (unpaired) electrons. The molecule has 152 valence electrons. The van der Waals surface area contributed by atoms with Gasteiger partial charge in [-0.25, -0.2) is 0 Å². The van der Waals surface area contributed by atoms with Crippen molar-refractivity contribution in [2.24, 2.45) is 5.92 Å². The second-order valence-electron chi connectivity index (χ2n) is 6.84. The van der Waals surface area contributed by atoms with E-state index in [0.29, 0.717) is 18.8 Å². The summed E-state index contributed by atoms with van der Waals surface area (Å²) in [4.78, 5) is 27.4. The van der Waals surface area contributed by atoms with Gasteiger partial charge in [-0.3, -0.25) is 14.5 Å². The maximum atomic E-state index is 13.0. The smallest absolute Gasteiger partial charge is 0.416 e. The van der Waals surface area contributed by atoms with Gasteiger partial charge in [-0.05, 0) is 36.4 Å². The Labute approximate surface area is 164 Å². The SMILES string of the molecule is COC(=O)C1CN(c2cccc(N3C(=O)COc4cc(C(F)(F)F)ccc43)c2)C1. The summed E-state index contributed by atoms with van der Waals surface area (Å²) in [6, 6.07) is 10.1. The van der Waals surface area contributed by atoms with Crippen LogP contribution in [0.25, 0.3) is 0 Å². The first-order valence-corrected chi connectivity index (χ1v) is 8.88. The zero-order valence-corrected chi connectivity index (χ0v) is 15.4. The van der Waals surface area contributed by atoms with Gasteiger partial charge >= 0.3 is 12.1 Å². The highest BCUT2D eigenvalue weighted by atomic mass is 19.4. The quantitative estimate of drug-likeness (QED) is 0.732. The molecule has 0 bridgehead atoms. The lowest BCUT2D eigenvalue weighted by Crippen LogP contribution is -2.50. The number of esters is 1. The van der Waals surface area contributed by atoms with Crippen LogP contribution in [0.5, 0.6) is 5.75 Å². The molecule has 0 spiro atoms. The number of ether oxygens (including phenoxy) is 2. The third-order valence-corrected chi connectivity index (χ3v) is 5.00. The van der Waals surface area contributed by atoms with Gasteiger partial charge in [-0.2, -0.15) is 13.2 Å². The molecule has 2 aliphatic heterocycles. The van der Waals surface area contributed by atoms with E-state index in [1.54, 1.807) is 18.2 Å². The van der Waals surface area contributed by atoms with Crippen LogP contribution in [0.2, 0.25) is 0 Å². The fraction of sp³-hybridized carbons (Fsp3) is 0.300. The van der Waals surface area contributed by atoms with Gasteiger partial charge in [-0.15, -0.1) is 0 Å². The highest BCUT2D eigenvalue weighted by Gasteiger charge is 2.36. The molecule has 2 aromatic rings. The molecular formula is C20H17F3N2O4. The topological polar surface area (TPSA) is 59.1 Å². The van der Waals surface area contributed by atoms with Gasteiger partial charge in [0.05, 0.1) is 30.0 Å². The Hall–Kier alpha value is -3.23. The van der Waals surface area contributed by atoms with Crippen molar-refractivity contribution in [3.63, 3.8) is 0 Å². The van der Waals surface area contributed by atoms with E-state index >= 15 is 0 Å². The molecule has 0 saturated carbocycles. The summed E-state index contributed by atoms with van der Waals surface area (Å²) in [5.41, 5.74) is 0.727. The standard InChI is InChI=1S/C20H17F3N2O4/c1-28-19(27)12-9-24(10-12)14-3-2-4-15(8-14)25-16-6-5-13(20(21,22)23)7-17(16)29-11-18(25)26/h2-8,12H,9-11H2,1H3. The van der Waals surface area contributed by atoms with Crippen LogP contribution < -0.4 is 14.5 Å². The van der Waals surface area contributed by atoms with Crippen molar-refractivity contribution in [1.82, 2.24) is 0 Å². The van der Waals surface area contributed by atoms with Crippen LogP contribution in [0.1, 0.15) is 5.56 Å². The van der Waals surface area contributed by atoms with E-state index in [-0.39, 0.29) is 35.8 Å². The number of nitrogens with zero attached hydrogens (tertiary/aromatic N) is 2. The number of rotatable bonds is 3. The van der Waals surface area contributed by atoms with Gasteiger partial charge in [-0.1, -0.05) is 6.07 Å². The average molecular weight is 406 g/mol. The predicted molar refractivity (Wildman–Crippen MR) is 98.2 cm³/mol. The number of methoxy groups -OCH3 is 1. The van der Waals surface area contributed by atoms with Crippen molar-refractivity contribution in [1.29, 1.82) is 0 Å². The molecule has 6 nitrogen and oxygen atoms in total. The van der Waals surface area contributed by atoms with E-state index in [1.807, 2.05) is 11.0 Å². The number of halogens is 3. The van der Waals surface area contributed by atoms with Crippen LogP contribution in [0.15, 0.2) is 42.5 Å². The molecule has 9 heteroatoms. The Morgan fingerprint density at radius 1 is 1.14 bits per heavy atom. The first-order valence-electron chi connectivity index (χ1n) is 8.88. The molecule has 1 fully saturated rings. The van der Waals surface area contributed by atoms with Crippen molar-refractivity contribution in [2.45, 2.75) is 6.18 Å². The molecule has 1 saturated heterocycles. The molecule has 0 unspecified atom stereocenters. The first kappa shape index (κ1) is 19.1. The summed E-state index contributed by atoms with van der Waals surface area (Å²) in [6.45, 7) is 0.643. The van der Waals surface area contributed by atoms with Gasteiger partial charge in [0, 0.05) is 18.8 Å². The molecule has 2 heterocycles. The monoisotopic (exact) mass is 406 g/mol. The normalized spacial score (nSPS) is 16.8. The van der Waals surface area contributed by atoms with Crippen LogP contribution in [0.4, 0.5) is 30.2 Å². The lowest BCUT2D eigenvalue weighted by Gasteiger charge is -2.39. The van der Waals surface area contributed by atoms with Crippen LogP contribution in [-0.2, 0) is 20.5 Å². The Kier molecular flexibility index (Phi) is 4.60. The zero-order chi connectivity index (χ0) is 20.8. The zero-order valence-electron chi connectivity index (χ0n) is 15.4. The molecule has 2 aromatic carbocycles. The highest BCUT2D eigenvalue weighted by Crippen LogP contribution is 2.42. The summed E-state index contributed by atoms with van der Waals surface area (Å²) in [5, 5.41) is 0. The Morgan fingerprint density at radius 2 is 1.86 bits per heavy atom. The van der Waals surface area contributed by atoms with Gasteiger partial charge in [0.25, 0.3) is 5.91 Å². The number of carbonyl (C=O) groups is 2. The van der Waals surface area contributed by atoms with Gasteiger partial charge in [0.2, 0.25) is 0 Å². The first-order chi connectivity index (χ1) is 13.8. The molecule has 0 N–H and O–H groups in total. The third kappa shape index (κ3) is 3.48. The van der Waals surface area contributed by atoms with E-state index in [9.17, 15) is 22.8 Å². The van der Waals surface area contributed by atoms with Gasteiger partial charge in [0.1, 0.15) is 5.75 Å². The lowest BCUT2D eigenvalue weighted by atomic mass is 9.99. The van der Waals surface area contributed by atoms with Crippen LogP contribution >= 0.6 is 0 Å². The number of carbonyl (C=O) groups excluding carboxylic acids is 2. The second-order valence-corrected chi connectivity index (χ2v) is 6.84. The second kappa shape index (κ2) is 6.98.